The summed E-state index contributed by atoms with van der Waals surface area (Å²) in [6.07, 6.45) is 0.863. The predicted molar refractivity (Wildman–Crippen MR) is 116 cm³/mol. The van der Waals surface area contributed by atoms with Gasteiger partial charge in [-0.05, 0) is 36.6 Å². The van der Waals surface area contributed by atoms with Gasteiger partial charge in [0.05, 0.1) is 6.42 Å². The first-order chi connectivity index (χ1) is 15.0. The summed E-state index contributed by atoms with van der Waals surface area (Å²) in [6.45, 7) is 4.12. The standard InChI is InChI=1S/C24H25NO6/c1-3-7-20-16(2)19-11-10-18(14-21(19)31-23(20)27)30-22(26)12-13-25-24(28)29-15-17-8-5-4-6-9-17/h4-6,8-11,14H,3,7,12-13,15H2,1-2H3,(H,25,28). The molecular weight excluding hydrogens is 398 g/mol. The van der Waals surface area contributed by atoms with Crippen molar-refractivity contribution in [3.8, 4) is 5.75 Å². The molecule has 1 N–H and O–H groups in total. The first kappa shape index (κ1) is 22.1. The van der Waals surface area contributed by atoms with Crippen LogP contribution in [-0.2, 0) is 22.6 Å². The Morgan fingerprint density at radius 1 is 1.10 bits per heavy atom. The second-order valence-corrected chi connectivity index (χ2v) is 7.11. The third-order valence-corrected chi connectivity index (χ3v) is 4.80. The molecule has 0 aliphatic carbocycles. The van der Waals surface area contributed by atoms with Crippen molar-refractivity contribution in [3.05, 3.63) is 75.6 Å². The Hall–Kier alpha value is -3.61. The maximum atomic E-state index is 12.2. The average molecular weight is 423 g/mol. The molecule has 0 spiro atoms. The number of amides is 1. The molecule has 31 heavy (non-hydrogen) atoms. The van der Waals surface area contributed by atoms with Crippen molar-refractivity contribution >= 4 is 23.0 Å². The summed E-state index contributed by atoms with van der Waals surface area (Å²) in [5, 5.41) is 3.32. The number of carbonyl (C=O) groups is 2. The Morgan fingerprint density at radius 3 is 2.61 bits per heavy atom. The zero-order valence-corrected chi connectivity index (χ0v) is 17.6. The molecule has 3 rings (SSSR count). The third kappa shape index (κ3) is 5.94. The van der Waals surface area contributed by atoms with Crippen LogP contribution in [0.15, 0.2) is 57.7 Å². The number of fused-ring (bicyclic) bond motifs is 1. The summed E-state index contributed by atoms with van der Waals surface area (Å²) in [7, 11) is 0. The predicted octanol–water partition coefficient (Wildman–Crippen LogP) is 4.28. The van der Waals surface area contributed by atoms with E-state index in [1.54, 1.807) is 12.1 Å². The summed E-state index contributed by atoms with van der Waals surface area (Å²) in [5.74, 6) is -0.251. The topological polar surface area (TPSA) is 94.8 Å². The van der Waals surface area contributed by atoms with Gasteiger partial charge in [-0.15, -0.1) is 0 Å². The summed E-state index contributed by atoms with van der Waals surface area (Å²) in [5.41, 5.74) is 2.43. The lowest BCUT2D eigenvalue weighted by molar-refractivity contribution is -0.134. The molecule has 0 radical (unpaired) electrons. The van der Waals surface area contributed by atoms with Crippen LogP contribution in [0.4, 0.5) is 4.79 Å². The molecule has 1 aromatic heterocycles. The van der Waals surface area contributed by atoms with Crippen molar-refractivity contribution < 1.29 is 23.5 Å². The van der Waals surface area contributed by atoms with E-state index in [9.17, 15) is 14.4 Å². The Kier molecular flexibility index (Phi) is 7.43. The van der Waals surface area contributed by atoms with Crippen molar-refractivity contribution in [1.29, 1.82) is 0 Å². The van der Waals surface area contributed by atoms with E-state index in [1.165, 1.54) is 6.07 Å². The van der Waals surface area contributed by atoms with Crippen LogP contribution in [0, 0.1) is 6.92 Å². The molecule has 2 aromatic carbocycles. The quantitative estimate of drug-likeness (QED) is 0.330. The van der Waals surface area contributed by atoms with Crippen molar-refractivity contribution in [1.82, 2.24) is 5.32 Å². The van der Waals surface area contributed by atoms with Gasteiger partial charge in [0.1, 0.15) is 17.9 Å². The van der Waals surface area contributed by atoms with Crippen LogP contribution >= 0.6 is 0 Å². The molecule has 1 heterocycles. The largest absolute Gasteiger partial charge is 0.445 e. The lowest BCUT2D eigenvalue weighted by Gasteiger charge is -2.09. The highest BCUT2D eigenvalue weighted by molar-refractivity contribution is 5.83. The maximum Gasteiger partial charge on any atom is 0.407 e. The van der Waals surface area contributed by atoms with Gasteiger partial charge in [0.15, 0.2) is 0 Å². The van der Waals surface area contributed by atoms with E-state index in [0.717, 1.165) is 22.9 Å². The zero-order chi connectivity index (χ0) is 22.2. The number of carbonyl (C=O) groups excluding carboxylic acids is 2. The maximum absolute atomic E-state index is 12.2. The Morgan fingerprint density at radius 2 is 1.87 bits per heavy atom. The fraction of sp³-hybridized carbons (Fsp3) is 0.292. The molecule has 0 bridgehead atoms. The minimum atomic E-state index is -0.609. The summed E-state index contributed by atoms with van der Waals surface area (Å²) in [4.78, 5) is 36.0. The fourth-order valence-electron chi connectivity index (χ4n) is 3.20. The van der Waals surface area contributed by atoms with Crippen molar-refractivity contribution in [2.75, 3.05) is 6.54 Å². The van der Waals surface area contributed by atoms with Gasteiger partial charge in [-0.1, -0.05) is 43.7 Å². The van der Waals surface area contributed by atoms with E-state index in [1.807, 2.05) is 44.2 Å². The Balaban J connectivity index is 1.51. The fourth-order valence-corrected chi connectivity index (χ4v) is 3.20. The zero-order valence-electron chi connectivity index (χ0n) is 17.6. The van der Waals surface area contributed by atoms with Crippen molar-refractivity contribution in [2.24, 2.45) is 0 Å². The van der Waals surface area contributed by atoms with Gasteiger partial charge in [0.25, 0.3) is 0 Å². The molecule has 0 aliphatic heterocycles. The van der Waals surface area contributed by atoms with Crippen LogP contribution in [-0.4, -0.2) is 18.6 Å². The number of rotatable bonds is 8. The van der Waals surface area contributed by atoms with Crippen LogP contribution in [0.2, 0.25) is 0 Å². The molecule has 3 aromatic rings. The van der Waals surface area contributed by atoms with E-state index in [4.69, 9.17) is 13.9 Å². The van der Waals surface area contributed by atoms with E-state index in [2.05, 4.69) is 5.32 Å². The van der Waals surface area contributed by atoms with Crippen LogP contribution < -0.4 is 15.7 Å². The number of hydrogen-bond donors (Lipinski definition) is 1. The van der Waals surface area contributed by atoms with Gasteiger partial charge in [0.2, 0.25) is 0 Å². The second kappa shape index (κ2) is 10.4. The number of ether oxygens (including phenoxy) is 2. The molecule has 7 nitrogen and oxygen atoms in total. The summed E-state index contributed by atoms with van der Waals surface area (Å²) in [6, 6.07) is 14.2. The number of nitrogens with one attached hydrogen (secondary N) is 1. The number of hydrogen-bond acceptors (Lipinski definition) is 6. The van der Waals surface area contributed by atoms with Gasteiger partial charge in [-0.25, -0.2) is 9.59 Å². The van der Waals surface area contributed by atoms with Gasteiger partial charge in [0, 0.05) is 23.6 Å². The lowest BCUT2D eigenvalue weighted by Crippen LogP contribution is -2.27. The smallest absolute Gasteiger partial charge is 0.407 e. The Labute approximate surface area is 180 Å². The molecule has 0 atom stereocenters. The molecule has 0 saturated heterocycles. The molecule has 0 unspecified atom stereocenters. The van der Waals surface area contributed by atoms with Crippen LogP contribution in [0.5, 0.6) is 5.75 Å². The highest BCUT2D eigenvalue weighted by Gasteiger charge is 2.13. The SMILES string of the molecule is CCCc1c(C)c2ccc(OC(=O)CCNC(=O)OCc3ccccc3)cc2oc1=O. The summed E-state index contributed by atoms with van der Waals surface area (Å²) >= 11 is 0. The molecular formula is C24H25NO6. The van der Waals surface area contributed by atoms with Crippen LogP contribution in [0.3, 0.4) is 0 Å². The Bertz CT molecular complexity index is 1120. The monoisotopic (exact) mass is 423 g/mol. The van der Waals surface area contributed by atoms with Gasteiger partial charge < -0.3 is 19.2 Å². The number of benzene rings is 2. The molecule has 0 aliphatic rings. The minimum Gasteiger partial charge on any atom is -0.445 e. The third-order valence-electron chi connectivity index (χ3n) is 4.80. The molecule has 1 amide bonds. The van der Waals surface area contributed by atoms with Crippen LogP contribution in [0.1, 0.15) is 36.5 Å². The number of alkyl carbamates (subject to hydrolysis) is 1. The van der Waals surface area contributed by atoms with E-state index in [-0.39, 0.29) is 30.9 Å². The lowest BCUT2D eigenvalue weighted by atomic mass is 10.0. The highest BCUT2D eigenvalue weighted by atomic mass is 16.5. The first-order valence-electron chi connectivity index (χ1n) is 10.2. The molecule has 0 saturated carbocycles. The van der Waals surface area contributed by atoms with Gasteiger partial charge >= 0.3 is 17.7 Å². The van der Waals surface area contributed by atoms with Gasteiger partial charge in [-0.2, -0.15) is 0 Å². The molecule has 7 heteroatoms. The van der Waals surface area contributed by atoms with Crippen molar-refractivity contribution in [3.63, 3.8) is 0 Å². The first-order valence-corrected chi connectivity index (χ1v) is 10.2. The number of aryl methyl sites for hydroxylation is 1. The molecule has 162 valence electrons. The normalized spacial score (nSPS) is 10.6. The van der Waals surface area contributed by atoms with E-state index in [0.29, 0.717) is 17.6 Å². The van der Waals surface area contributed by atoms with Crippen LogP contribution in [0.25, 0.3) is 11.0 Å². The highest BCUT2D eigenvalue weighted by Crippen LogP contribution is 2.24. The second-order valence-electron chi connectivity index (χ2n) is 7.11. The summed E-state index contributed by atoms with van der Waals surface area (Å²) < 4.78 is 15.8. The minimum absolute atomic E-state index is 0.0309. The average Bonchev–Trinajstić information content (AvgIpc) is 2.76. The van der Waals surface area contributed by atoms with Crippen molar-refractivity contribution in [2.45, 2.75) is 39.7 Å². The van der Waals surface area contributed by atoms with E-state index < -0.39 is 12.1 Å². The molecule has 0 fully saturated rings. The number of esters is 1. The van der Waals surface area contributed by atoms with Gasteiger partial charge in [-0.3, -0.25) is 4.79 Å². The van der Waals surface area contributed by atoms with E-state index >= 15 is 0 Å².